The Balaban J connectivity index is 3.85. The molecule has 0 saturated heterocycles. The standard InChI is InChI=1S/C26H50N2O6/c1-2-3-4-5-6-7-8-9-10-11-12-13-14-15-16-17-24(30)28(20-21-29)19-18-27(22-25(31)32)23-26(33)34/h29H,2-23H2,1H3,(H,31,32)(H,33,34). The van der Waals surface area contributed by atoms with Gasteiger partial charge in [-0.2, -0.15) is 0 Å². The van der Waals surface area contributed by atoms with Gasteiger partial charge in [-0.3, -0.25) is 19.3 Å². The molecule has 200 valence electrons. The van der Waals surface area contributed by atoms with Crippen LogP contribution in [0, 0.1) is 0 Å². The van der Waals surface area contributed by atoms with Gasteiger partial charge in [-0.25, -0.2) is 0 Å². The average Bonchev–Trinajstić information content (AvgIpc) is 2.78. The minimum absolute atomic E-state index is 0.0747. The van der Waals surface area contributed by atoms with Crippen molar-refractivity contribution in [2.45, 2.75) is 110 Å². The molecule has 0 rings (SSSR count). The van der Waals surface area contributed by atoms with Crippen molar-refractivity contribution in [3.63, 3.8) is 0 Å². The number of nitrogens with zero attached hydrogens (tertiary/aromatic N) is 2. The predicted octanol–water partition coefficient (Wildman–Crippen LogP) is 4.54. The summed E-state index contributed by atoms with van der Waals surface area (Å²) in [5, 5.41) is 27.1. The molecule has 0 fully saturated rings. The third kappa shape index (κ3) is 20.9. The number of carbonyl (C=O) groups excluding carboxylic acids is 1. The maximum Gasteiger partial charge on any atom is 0.317 e. The van der Waals surface area contributed by atoms with E-state index in [1.54, 1.807) is 0 Å². The van der Waals surface area contributed by atoms with Crippen molar-refractivity contribution in [3.05, 3.63) is 0 Å². The SMILES string of the molecule is CCCCCCCCCCCCCCCCCC(=O)N(CCO)CCN(CC(=O)O)CC(=O)O. The topological polar surface area (TPSA) is 118 Å². The molecule has 0 bridgehead atoms. The van der Waals surface area contributed by atoms with Crippen molar-refractivity contribution in [2.24, 2.45) is 0 Å². The molecule has 0 aromatic rings. The van der Waals surface area contributed by atoms with Crippen molar-refractivity contribution < 1.29 is 29.7 Å². The summed E-state index contributed by atoms with van der Waals surface area (Å²) in [7, 11) is 0. The average molecular weight is 487 g/mol. The number of rotatable bonds is 25. The maximum atomic E-state index is 12.5. The molecule has 0 saturated carbocycles. The van der Waals surface area contributed by atoms with E-state index in [0.29, 0.717) is 6.42 Å². The second-order valence-corrected chi connectivity index (χ2v) is 9.30. The Morgan fingerprint density at radius 3 is 1.38 bits per heavy atom. The Morgan fingerprint density at radius 1 is 0.588 bits per heavy atom. The highest BCUT2D eigenvalue weighted by atomic mass is 16.4. The minimum atomic E-state index is -1.11. The second kappa shape index (κ2) is 23.1. The zero-order valence-electron chi connectivity index (χ0n) is 21.5. The minimum Gasteiger partial charge on any atom is -0.480 e. The Labute approximate surface area is 206 Å². The molecule has 0 aliphatic carbocycles. The van der Waals surface area contributed by atoms with Gasteiger partial charge in [0.25, 0.3) is 0 Å². The highest BCUT2D eigenvalue weighted by Crippen LogP contribution is 2.14. The van der Waals surface area contributed by atoms with Crippen molar-refractivity contribution in [3.8, 4) is 0 Å². The summed E-state index contributed by atoms with van der Waals surface area (Å²) in [6, 6.07) is 0. The van der Waals surface area contributed by atoms with E-state index in [4.69, 9.17) is 10.2 Å². The van der Waals surface area contributed by atoms with Gasteiger partial charge in [-0.05, 0) is 6.42 Å². The number of aliphatic carboxylic acids is 2. The molecular weight excluding hydrogens is 436 g/mol. The van der Waals surface area contributed by atoms with Crippen molar-refractivity contribution in [1.82, 2.24) is 9.80 Å². The van der Waals surface area contributed by atoms with Crippen LogP contribution >= 0.6 is 0 Å². The first kappa shape index (κ1) is 32.3. The molecule has 1 amide bonds. The molecule has 0 heterocycles. The number of carboxylic acid groups (broad SMARTS) is 2. The van der Waals surface area contributed by atoms with E-state index in [2.05, 4.69) is 6.92 Å². The van der Waals surface area contributed by atoms with Gasteiger partial charge in [0.2, 0.25) is 5.91 Å². The molecule has 0 aromatic carbocycles. The number of hydrogen-bond acceptors (Lipinski definition) is 5. The van der Waals surface area contributed by atoms with E-state index in [-0.39, 0.29) is 32.1 Å². The molecule has 3 N–H and O–H groups in total. The van der Waals surface area contributed by atoms with E-state index >= 15 is 0 Å². The van der Waals surface area contributed by atoms with Crippen molar-refractivity contribution >= 4 is 17.8 Å². The highest BCUT2D eigenvalue weighted by molar-refractivity contribution is 5.76. The molecule has 0 aliphatic rings. The van der Waals surface area contributed by atoms with Crippen LogP contribution in [0.2, 0.25) is 0 Å². The lowest BCUT2D eigenvalue weighted by molar-refractivity contribution is -0.141. The fourth-order valence-electron chi connectivity index (χ4n) is 4.15. The van der Waals surface area contributed by atoms with Crippen molar-refractivity contribution in [2.75, 3.05) is 39.3 Å². The lowest BCUT2D eigenvalue weighted by Crippen LogP contribution is -2.43. The number of carbonyl (C=O) groups is 3. The summed E-state index contributed by atoms with van der Waals surface area (Å²) in [4.78, 5) is 37.1. The van der Waals surface area contributed by atoms with E-state index in [9.17, 15) is 19.5 Å². The monoisotopic (exact) mass is 486 g/mol. The summed E-state index contributed by atoms with van der Waals surface area (Å²) in [5.74, 6) is -2.30. The van der Waals surface area contributed by atoms with Gasteiger partial charge in [0, 0.05) is 26.1 Å². The van der Waals surface area contributed by atoms with E-state index in [1.807, 2.05) is 0 Å². The molecule has 0 spiro atoms. The number of amides is 1. The van der Waals surface area contributed by atoms with Crippen LogP contribution in [-0.4, -0.2) is 82.3 Å². The first-order valence-electron chi connectivity index (χ1n) is 13.4. The van der Waals surface area contributed by atoms with E-state index in [0.717, 1.165) is 19.3 Å². The summed E-state index contributed by atoms with van der Waals surface area (Å²) in [6.07, 6.45) is 19.3. The van der Waals surface area contributed by atoms with Gasteiger partial charge >= 0.3 is 11.9 Å². The molecule has 0 unspecified atom stereocenters. The summed E-state index contributed by atoms with van der Waals surface area (Å²) in [6.45, 7) is 1.80. The van der Waals surface area contributed by atoms with Gasteiger partial charge in [-0.15, -0.1) is 0 Å². The second-order valence-electron chi connectivity index (χ2n) is 9.30. The zero-order chi connectivity index (χ0) is 25.4. The number of unbranched alkanes of at least 4 members (excludes halogenated alkanes) is 14. The molecular formula is C26H50N2O6. The lowest BCUT2D eigenvalue weighted by atomic mass is 10.0. The molecule has 34 heavy (non-hydrogen) atoms. The summed E-state index contributed by atoms with van der Waals surface area (Å²) < 4.78 is 0. The Kier molecular flexibility index (Phi) is 22.0. The van der Waals surface area contributed by atoms with Crippen LogP contribution in [0.3, 0.4) is 0 Å². The number of hydrogen-bond donors (Lipinski definition) is 3. The predicted molar refractivity (Wildman–Crippen MR) is 135 cm³/mol. The Hall–Kier alpha value is -1.67. The van der Waals surface area contributed by atoms with Gasteiger partial charge in [-0.1, -0.05) is 96.8 Å². The van der Waals surface area contributed by atoms with Gasteiger partial charge < -0.3 is 20.2 Å². The third-order valence-corrected chi connectivity index (χ3v) is 6.12. The Bertz CT molecular complexity index is 513. The van der Waals surface area contributed by atoms with Crippen LogP contribution in [0.4, 0.5) is 0 Å². The summed E-state index contributed by atoms with van der Waals surface area (Å²) >= 11 is 0. The first-order valence-corrected chi connectivity index (χ1v) is 13.4. The van der Waals surface area contributed by atoms with Gasteiger partial charge in [0.1, 0.15) is 0 Å². The quantitative estimate of drug-likeness (QED) is 0.162. The lowest BCUT2D eigenvalue weighted by Gasteiger charge is -2.25. The normalized spacial score (nSPS) is 11.1. The number of aliphatic hydroxyl groups is 1. The van der Waals surface area contributed by atoms with Gasteiger partial charge in [0.05, 0.1) is 19.7 Å². The number of aliphatic hydroxyl groups excluding tert-OH is 1. The zero-order valence-corrected chi connectivity index (χ0v) is 21.5. The third-order valence-electron chi connectivity index (χ3n) is 6.12. The van der Waals surface area contributed by atoms with Crippen LogP contribution in [0.5, 0.6) is 0 Å². The van der Waals surface area contributed by atoms with Crippen LogP contribution in [0.15, 0.2) is 0 Å². The smallest absolute Gasteiger partial charge is 0.317 e. The van der Waals surface area contributed by atoms with Gasteiger partial charge in [0.15, 0.2) is 0 Å². The van der Waals surface area contributed by atoms with E-state index in [1.165, 1.54) is 86.8 Å². The maximum absolute atomic E-state index is 12.5. The van der Waals surface area contributed by atoms with Crippen LogP contribution < -0.4 is 0 Å². The van der Waals surface area contributed by atoms with Crippen molar-refractivity contribution in [1.29, 1.82) is 0 Å². The largest absolute Gasteiger partial charge is 0.480 e. The Morgan fingerprint density at radius 2 is 1.00 bits per heavy atom. The molecule has 0 atom stereocenters. The molecule has 8 heteroatoms. The molecule has 0 aromatic heterocycles. The highest BCUT2D eigenvalue weighted by Gasteiger charge is 2.17. The molecule has 0 aliphatic heterocycles. The van der Waals surface area contributed by atoms with E-state index < -0.39 is 25.0 Å². The van der Waals surface area contributed by atoms with Crippen LogP contribution in [0.25, 0.3) is 0 Å². The molecule has 0 radical (unpaired) electrons. The van der Waals surface area contributed by atoms with Crippen LogP contribution in [-0.2, 0) is 14.4 Å². The van der Waals surface area contributed by atoms with Crippen LogP contribution in [0.1, 0.15) is 110 Å². The molecule has 8 nitrogen and oxygen atoms in total. The fraction of sp³-hybridized carbons (Fsp3) is 0.885. The fourth-order valence-corrected chi connectivity index (χ4v) is 4.15. The summed E-state index contributed by atoms with van der Waals surface area (Å²) in [5.41, 5.74) is 0. The number of carboxylic acids is 2. The first-order chi connectivity index (χ1) is 16.4.